The number of hydrogen-bond donors (Lipinski definition) is 1. The topological polar surface area (TPSA) is 27.6 Å². The van der Waals surface area contributed by atoms with Crippen molar-refractivity contribution < 1.29 is 0 Å². The predicted molar refractivity (Wildman–Crippen MR) is 56.9 cm³/mol. The van der Waals surface area contributed by atoms with Gasteiger partial charge >= 0.3 is 0 Å². The second-order valence-electron chi connectivity index (χ2n) is 2.19. The molecule has 0 aliphatic carbocycles. The number of thiocarbonyl (C=S) groups is 1. The molecule has 3 nitrogen and oxygen atoms in total. The molecule has 0 aromatic heterocycles. The van der Waals surface area contributed by atoms with E-state index in [9.17, 15) is 0 Å². The van der Waals surface area contributed by atoms with Gasteiger partial charge in [-0.05, 0) is 21.6 Å². The van der Waals surface area contributed by atoms with Gasteiger partial charge in [-0.25, -0.2) is 4.99 Å². The van der Waals surface area contributed by atoms with Crippen molar-refractivity contribution in [3.63, 3.8) is 0 Å². The molecule has 62 valence electrons. The number of rotatable bonds is 2. The van der Waals surface area contributed by atoms with Crippen LogP contribution in [0.25, 0.3) is 0 Å². The Labute approximate surface area is 79.4 Å². The van der Waals surface area contributed by atoms with E-state index in [1.54, 1.807) is 27.9 Å². The average molecular weight is 207 g/mol. The van der Waals surface area contributed by atoms with Gasteiger partial charge in [-0.3, -0.25) is 0 Å². The molecule has 0 amide bonds. The Morgan fingerprint density at radius 1 is 1.73 bits per heavy atom. The zero-order valence-electron chi connectivity index (χ0n) is 6.27. The van der Waals surface area contributed by atoms with E-state index in [0.717, 1.165) is 4.32 Å². The minimum Gasteiger partial charge on any atom is -0.369 e. The lowest BCUT2D eigenvalue weighted by Crippen LogP contribution is -2.21. The summed E-state index contributed by atoms with van der Waals surface area (Å²) in [4.78, 5) is 6.11. The van der Waals surface area contributed by atoms with Gasteiger partial charge in [0.15, 0.2) is 5.50 Å². The zero-order chi connectivity index (χ0) is 8.27. The maximum Gasteiger partial charge on any atom is 0.179 e. The van der Waals surface area contributed by atoms with Gasteiger partial charge in [0, 0.05) is 14.1 Å². The van der Waals surface area contributed by atoms with Crippen LogP contribution in [0.1, 0.15) is 0 Å². The lowest BCUT2D eigenvalue weighted by molar-refractivity contribution is 0.635. The van der Waals surface area contributed by atoms with Crippen LogP contribution < -0.4 is 5.32 Å². The first kappa shape index (κ1) is 9.15. The van der Waals surface area contributed by atoms with Crippen molar-refractivity contribution in [3.8, 4) is 0 Å². The van der Waals surface area contributed by atoms with Crippen LogP contribution in [0.2, 0.25) is 0 Å². The molecule has 0 radical (unpaired) electrons. The first-order valence-electron chi connectivity index (χ1n) is 3.02. The lowest BCUT2D eigenvalue weighted by Gasteiger charge is -2.05. The third kappa shape index (κ3) is 3.31. The van der Waals surface area contributed by atoms with Gasteiger partial charge in [0.25, 0.3) is 0 Å². The molecule has 0 spiro atoms. The molecule has 1 atom stereocenters. The van der Waals surface area contributed by atoms with Crippen molar-refractivity contribution in [1.82, 2.24) is 10.2 Å². The van der Waals surface area contributed by atoms with Gasteiger partial charge in [-0.1, -0.05) is 12.2 Å². The fraction of sp³-hybridized carbons (Fsp3) is 0.600. The second kappa shape index (κ2) is 4.18. The summed E-state index contributed by atoms with van der Waals surface area (Å²) in [7, 11) is 7.07. The molecule has 1 unspecified atom stereocenters. The SMILES string of the molecule is CN(C)C=NC1NC(=S)SS1. The van der Waals surface area contributed by atoms with E-state index in [-0.39, 0.29) is 5.50 Å². The first-order valence-corrected chi connectivity index (χ1v) is 5.64. The third-order valence-corrected chi connectivity index (χ3v) is 3.70. The number of nitrogens with one attached hydrogen (secondary N) is 1. The number of aliphatic imine (C=N–C) groups is 1. The molecule has 1 heterocycles. The Morgan fingerprint density at radius 2 is 2.45 bits per heavy atom. The molecule has 11 heavy (non-hydrogen) atoms. The van der Waals surface area contributed by atoms with Crippen molar-refractivity contribution in [2.45, 2.75) is 5.50 Å². The number of hydrogen-bond acceptors (Lipinski definition) is 4. The third-order valence-electron chi connectivity index (χ3n) is 0.889. The fourth-order valence-corrected chi connectivity index (χ4v) is 2.69. The van der Waals surface area contributed by atoms with Gasteiger partial charge in [-0.15, -0.1) is 0 Å². The Bertz CT molecular complexity index is 180. The van der Waals surface area contributed by atoms with Crippen molar-refractivity contribution in [2.24, 2.45) is 4.99 Å². The summed E-state index contributed by atoms with van der Waals surface area (Å²) in [5.74, 6) is 0. The summed E-state index contributed by atoms with van der Waals surface area (Å²) in [6.45, 7) is 0. The van der Waals surface area contributed by atoms with E-state index in [4.69, 9.17) is 12.2 Å². The van der Waals surface area contributed by atoms with Crippen LogP contribution in [0.3, 0.4) is 0 Å². The van der Waals surface area contributed by atoms with Crippen LogP contribution in [0.15, 0.2) is 4.99 Å². The zero-order valence-corrected chi connectivity index (χ0v) is 8.72. The highest BCUT2D eigenvalue weighted by atomic mass is 33.1. The van der Waals surface area contributed by atoms with Crippen molar-refractivity contribution in [1.29, 1.82) is 0 Å². The smallest absolute Gasteiger partial charge is 0.179 e. The largest absolute Gasteiger partial charge is 0.369 e. The Morgan fingerprint density at radius 3 is 2.91 bits per heavy atom. The average Bonchev–Trinajstić information content (AvgIpc) is 2.31. The Hall–Kier alpha value is 0.0600. The van der Waals surface area contributed by atoms with E-state index in [0.29, 0.717) is 0 Å². The minimum absolute atomic E-state index is 0.0925. The number of nitrogens with zero attached hydrogens (tertiary/aromatic N) is 2. The predicted octanol–water partition coefficient (Wildman–Crippen LogP) is 1.13. The van der Waals surface area contributed by atoms with Crippen molar-refractivity contribution in [3.05, 3.63) is 0 Å². The van der Waals surface area contributed by atoms with Crippen LogP contribution in [-0.2, 0) is 0 Å². The normalized spacial score (nSPS) is 24.2. The van der Waals surface area contributed by atoms with Gasteiger partial charge in [0.05, 0.1) is 6.34 Å². The molecule has 0 bridgehead atoms. The summed E-state index contributed by atoms with van der Waals surface area (Å²) >= 11 is 4.92. The molecule has 1 N–H and O–H groups in total. The fourth-order valence-electron chi connectivity index (χ4n) is 0.494. The molecule has 0 saturated carbocycles. The van der Waals surface area contributed by atoms with Crippen LogP contribution >= 0.6 is 33.8 Å². The van der Waals surface area contributed by atoms with Crippen LogP contribution in [0, 0.1) is 0 Å². The van der Waals surface area contributed by atoms with Crippen molar-refractivity contribution in [2.75, 3.05) is 14.1 Å². The van der Waals surface area contributed by atoms with Crippen molar-refractivity contribution >= 4 is 44.5 Å². The Balaban J connectivity index is 2.33. The van der Waals surface area contributed by atoms with Gasteiger partial charge < -0.3 is 10.2 Å². The molecule has 1 aliphatic rings. The highest BCUT2D eigenvalue weighted by molar-refractivity contribution is 8.84. The summed E-state index contributed by atoms with van der Waals surface area (Å²) in [5, 5.41) is 3.04. The molecule has 1 aliphatic heterocycles. The molecule has 1 fully saturated rings. The van der Waals surface area contributed by atoms with E-state index >= 15 is 0 Å². The van der Waals surface area contributed by atoms with Crippen LogP contribution in [0.4, 0.5) is 0 Å². The summed E-state index contributed by atoms with van der Waals surface area (Å²) in [5.41, 5.74) is 0.0925. The van der Waals surface area contributed by atoms with Gasteiger partial charge in [-0.2, -0.15) is 0 Å². The first-order chi connectivity index (χ1) is 5.18. The van der Waals surface area contributed by atoms with Crippen LogP contribution in [-0.4, -0.2) is 35.2 Å². The summed E-state index contributed by atoms with van der Waals surface area (Å²) in [6, 6.07) is 0. The maximum atomic E-state index is 4.92. The molecule has 1 saturated heterocycles. The summed E-state index contributed by atoms with van der Waals surface area (Å²) < 4.78 is 0.816. The van der Waals surface area contributed by atoms with E-state index in [2.05, 4.69) is 10.3 Å². The molecular formula is C5H9N3S3. The highest BCUT2D eigenvalue weighted by Crippen LogP contribution is 2.33. The molecular weight excluding hydrogens is 198 g/mol. The van der Waals surface area contributed by atoms with Gasteiger partial charge in [0.1, 0.15) is 4.32 Å². The van der Waals surface area contributed by atoms with E-state index in [1.165, 1.54) is 0 Å². The lowest BCUT2D eigenvalue weighted by atomic mass is 10.9. The molecule has 6 heteroatoms. The highest BCUT2D eigenvalue weighted by Gasteiger charge is 2.17. The summed E-state index contributed by atoms with van der Waals surface area (Å²) in [6.07, 6.45) is 1.78. The second-order valence-corrected chi connectivity index (χ2v) is 5.15. The quantitative estimate of drug-likeness (QED) is 0.317. The van der Waals surface area contributed by atoms with E-state index in [1.807, 2.05) is 19.0 Å². The molecule has 0 aromatic carbocycles. The minimum atomic E-state index is 0.0925. The molecule has 0 aromatic rings. The maximum absolute atomic E-state index is 4.92. The standard InChI is InChI=1S/C5H9N3S3/c1-8(2)3-6-4-7-5(9)11-10-4/h3-4H,1-2H3,(H,7,9). The Kier molecular flexibility index (Phi) is 3.47. The van der Waals surface area contributed by atoms with Crippen LogP contribution in [0.5, 0.6) is 0 Å². The van der Waals surface area contributed by atoms with E-state index < -0.39 is 0 Å². The monoisotopic (exact) mass is 207 g/mol. The molecule has 1 rings (SSSR count). The van der Waals surface area contributed by atoms with Gasteiger partial charge in [0.2, 0.25) is 0 Å².